The molecule has 1 atom stereocenters. The van der Waals surface area contributed by atoms with Crippen LogP contribution in [0.4, 0.5) is 10.5 Å². The molecular weight excluding hydrogens is 304 g/mol. The van der Waals surface area contributed by atoms with Crippen molar-refractivity contribution in [3.63, 3.8) is 0 Å². The van der Waals surface area contributed by atoms with Gasteiger partial charge >= 0.3 is 12.1 Å². The van der Waals surface area contributed by atoms with Crippen molar-refractivity contribution in [2.45, 2.75) is 39.3 Å². The van der Waals surface area contributed by atoms with E-state index in [1.165, 1.54) is 38.2 Å². The molecule has 0 N–H and O–H groups in total. The van der Waals surface area contributed by atoms with Crippen molar-refractivity contribution in [2.24, 2.45) is 0 Å². The van der Waals surface area contributed by atoms with Gasteiger partial charge in [-0.2, -0.15) is 0 Å². The Morgan fingerprint density at radius 3 is 2.17 bits per heavy atom. The number of benzene rings is 1. The maximum absolute atomic E-state index is 12.0. The summed E-state index contributed by atoms with van der Waals surface area (Å²) < 4.78 is 10.3. The summed E-state index contributed by atoms with van der Waals surface area (Å²) in [6.07, 6.45) is -0.648. The van der Waals surface area contributed by atoms with Gasteiger partial charge in [-0.1, -0.05) is 0 Å². The zero-order valence-corrected chi connectivity index (χ0v) is 13.7. The number of carbonyl (C=O) groups excluding carboxylic acids is 2. The molecule has 0 bridgehead atoms. The Morgan fingerprint density at radius 1 is 1.22 bits per heavy atom. The molecule has 0 fully saturated rings. The van der Waals surface area contributed by atoms with Crippen LogP contribution in [0, 0.1) is 10.1 Å². The molecule has 1 aromatic rings. The van der Waals surface area contributed by atoms with Gasteiger partial charge in [0, 0.05) is 19.2 Å². The van der Waals surface area contributed by atoms with Gasteiger partial charge in [0.2, 0.25) is 0 Å². The third-order valence-electron chi connectivity index (χ3n) is 2.87. The van der Waals surface area contributed by atoms with Gasteiger partial charge in [-0.15, -0.1) is 0 Å². The molecule has 8 heteroatoms. The first-order chi connectivity index (χ1) is 10.5. The minimum absolute atomic E-state index is 0.108. The predicted molar refractivity (Wildman–Crippen MR) is 82.2 cm³/mol. The summed E-state index contributed by atoms with van der Waals surface area (Å²) >= 11 is 0. The number of esters is 1. The molecule has 0 saturated heterocycles. The standard InChI is InChI=1S/C15H20N2O6/c1-10(16(5)14(19)23-15(2,3)4)13(18)22-12-8-6-11(7-9-12)17(20)21/h6-10H,1-5H3. The SMILES string of the molecule is CC(C(=O)Oc1ccc([N+](=O)[O-])cc1)N(C)C(=O)OC(C)(C)C. The molecule has 0 aliphatic heterocycles. The molecule has 8 nitrogen and oxygen atoms in total. The van der Waals surface area contributed by atoms with Crippen LogP contribution in [0.1, 0.15) is 27.7 Å². The van der Waals surface area contributed by atoms with Crippen molar-refractivity contribution in [3.8, 4) is 5.75 Å². The first-order valence-electron chi connectivity index (χ1n) is 6.93. The Bertz CT molecular complexity index is 591. The molecule has 0 saturated carbocycles. The van der Waals surface area contributed by atoms with Crippen LogP contribution >= 0.6 is 0 Å². The number of hydrogen-bond acceptors (Lipinski definition) is 6. The highest BCUT2D eigenvalue weighted by atomic mass is 16.6. The van der Waals surface area contributed by atoms with Crippen molar-refractivity contribution in [3.05, 3.63) is 34.4 Å². The number of ether oxygens (including phenoxy) is 2. The van der Waals surface area contributed by atoms with Gasteiger partial charge in [0.05, 0.1) is 4.92 Å². The van der Waals surface area contributed by atoms with E-state index in [1.807, 2.05) is 0 Å². The second kappa shape index (κ2) is 7.08. The maximum atomic E-state index is 12.0. The second-order valence-electron chi connectivity index (χ2n) is 5.94. The Kier molecular flexibility index (Phi) is 5.67. The van der Waals surface area contributed by atoms with E-state index < -0.39 is 28.6 Å². The number of nitrogens with zero attached hydrogens (tertiary/aromatic N) is 2. The van der Waals surface area contributed by atoms with E-state index in [1.54, 1.807) is 20.8 Å². The zero-order chi connectivity index (χ0) is 17.8. The number of nitro groups is 1. The van der Waals surface area contributed by atoms with Gasteiger partial charge in [0.1, 0.15) is 17.4 Å². The van der Waals surface area contributed by atoms with Crippen LogP contribution in [0.15, 0.2) is 24.3 Å². The smallest absolute Gasteiger partial charge is 0.410 e. The van der Waals surface area contributed by atoms with Crippen LogP contribution in [-0.2, 0) is 9.53 Å². The highest BCUT2D eigenvalue weighted by Crippen LogP contribution is 2.18. The summed E-state index contributed by atoms with van der Waals surface area (Å²) in [7, 11) is 1.43. The van der Waals surface area contributed by atoms with E-state index in [0.29, 0.717) is 0 Å². The second-order valence-corrected chi connectivity index (χ2v) is 5.94. The van der Waals surface area contributed by atoms with E-state index in [2.05, 4.69) is 0 Å². The number of amides is 1. The first kappa shape index (κ1) is 18.4. The Balaban J connectivity index is 2.69. The maximum Gasteiger partial charge on any atom is 0.410 e. The summed E-state index contributed by atoms with van der Waals surface area (Å²) in [5, 5.41) is 10.6. The highest BCUT2D eigenvalue weighted by Gasteiger charge is 2.28. The third-order valence-corrected chi connectivity index (χ3v) is 2.87. The lowest BCUT2D eigenvalue weighted by atomic mass is 10.2. The topological polar surface area (TPSA) is 99.0 Å². The zero-order valence-electron chi connectivity index (χ0n) is 13.7. The normalized spacial score (nSPS) is 12.2. The lowest BCUT2D eigenvalue weighted by molar-refractivity contribution is -0.384. The minimum atomic E-state index is -0.875. The van der Waals surface area contributed by atoms with Crippen LogP contribution < -0.4 is 4.74 Å². The fraction of sp³-hybridized carbons (Fsp3) is 0.467. The molecule has 0 heterocycles. The van der Waals surface area contributed by atoms with Gasteiger partial charge in [-0.3, -0.25) is 15.0 Å². The number of rotatable bonds is 4. The summed E-state index contributed by atoms with van der Waals surface area (Å²) in [6.45, 7) is 6.66. The van der Waals surface area contributed by atoms with Gasteiger partial charge < -0.3 is 9.47 Å². The van der Waals surface area contributed by atoms with E-state index in [4.69, 9.17) is 9.47 Å². The highest BCUT2D eigenvalue weighted by molar-refractivity contribution is 5.82. The monoisotopic (exact) mass is 324 g/mol. The van der Waals surface area contributed by atoms with Gasteiger partial charge in [-0.25, -0.2) is 9.59 Å². The van der Waals surface area contributed by atoms with Crippen molar-refractivity contribution in [2.75, 3.05) is 7.05 Å². The number of hydrogen-bond donors (Lipinski definition) is 0. The predicted octanol–water partition coefficient (Wildman–Crippen LogP) is 2.76. The van der Waals surface area contributed by atoms with Gasteiger partial charge in [0.15, 0.2) is 0 Å². The van der Waals surface area contributed by atoms with Crippen molar-refractivity contribution in [1.29, 1.82) is 0 Å². The van der Waals surface area contributed by atoms with Crippen molar-refractivity contribution in [1.82, 2.24) is 4.90 Å². The van der Waals surface area contributed by atoms with Crippen LogP contribution in [-0.4, -0.2) is 40.6 Å². The summed E-state index contributed by atoms with van der Waals surface area (Å²) in [5.74, 6) is -0.516. The van der Waals surface area contributed by atoms with E-state index >= 15 is 0 Å². The molecule has 126 valence electrons. The number of likely N-dealkylation sites (N-methyl/N-ethyl adjacent to an activating group) is 1. The Hall–Kier alpha value is -2.64. The van der Waals surface area contributed by atoms with Crippen LogP contribution in [0.25, 0.3) is 0 Å². The summed E-state index contributed by atoms with van der Waals surface area (Å²) in [4.78, 5) is 35.1. The molecule has 1 amide bonds. The third kappa shape index (κ3) is 5.57. The van der Waals surface area contributed by atoms with E-state index in [-0.39, 0.29) is 11.4 Å². The molecule has 0 aliphatic rings. The molecule has 1 unspecified atom stereocenters. The molecule has 0 aromatic heterocycles. The number of non-ortho nitro benzene ring substituents is 1. The largest absolute Gasteiger partial charge is 0.444 e. The number of carbonyl (C=O) groups is 2. The van der Waals surface area contributed by atoms with Gasteiger partial charge in [0.25, 0.3) is 5.69 Å². The van der Waals surface area contributed by atoms with Gasteiger partial charge in [-0.05, 0) is 39.8 Å². The van der Waals surface area contributed by atoms with E-state index in [0.717, 1.165) is 4.90 Å². The molecule has 1 rings (SSSR count). The molecular formula is C15H20N2O6. The van der Waals surface area contributed by atoms with Crippen molar-refractivity contribution < 1.29 is 24.0 Å². The lowest BCUT2D eigenvalue weighted by Gasteiger charge is -2.27. The molecule has 0 aliphatic carbocycles. The number of nitro benzene ring substituents is 1. The lowest BCUT2D eigenvalue weighted by Crippen LogP contribution is -2.44. The first-order valence-corrected chi connectivity index (χ1v) is 6.93. The average molecular weight is 324 g/mol. The van der Waals surface area contributed by atoms with Crippen LogP contribution in [0.3, 0.4) is 0 Å². The Morgan fingerprint density at radius 2 is 1.74 bits per heavy atom. The fourth-order valence-corrected chi connectivity index (χ4v) is 1.49. The summed E-state index contributed by atoms with van der Waals surface area (Å²) in [5.41, 5.74) is -0.781. The van der Waals surface area contributed by atoms with Crippen molar-refractivity contribution >= 4 is 17.7 Å². The fourth-order valence-electron chi connectivity index (χ4n) is 1.49. The van der Waals surface area contributed by atoms with Crippen LogP contribution in [0.5, 0.6) is 5.75 Å². The Labute approximate surface area is 134 Å². The molecule has 1 aromatic carbocycles. The van der Waals surface area contributed by atoms with Crippen LogP contribution in [0.2, 0.25) is 0 Å². The molecule has 0 radical (unpaired) electrons. The minimum Gasteiger partial charge on any atom is -0.444 e. The molecule has 0 spiro atoms. The molecule has 23 heavy (non-hydrogen) atoms. The average Bonchev–Trinajstić information content (AvgIpc) is 2.44. The summed E-state index contributed by atoms with van der Waals surface area (Å²) in [6, 6.07) is 4.21. The van der Waals surface area contributed by atoms with E-state index in [9.17, 15) is 19.7 Å². The quantitative estimate of drug-likeness (QED) is 0.365.